The number of fused-ring (bicyclic) bond motifs is 2. The molecular formula is C52H37ClN6. The van der Waals surface area contributed by atoms with Gasteiger partial charge in [-0.05, 0) is 52.6 Å². The number of aliphatic imine (C=N–C) groups is 2. The van der Waals surface area contributed by atoms with Crippen LogP contribution in [0.3, 0.4) is 0 Å². The molecule has 0 atom stereocenters. The minimum absolute atomic E-state index is 0.602. The maximum atomic E-state index is 6.44. The van der Waals surface area contributed by atoms with Gasteiger partial charge >= 0.3 is 0 Å². The Hall–Kier alpha value is -7.67. The second-order valence-corrected chi connectivity index (χ2v) is 14.2. The summed E-state index contributed by atoms with van der Waals surface area (Å²) in [7, 11) is 0. The van der Waals surface area contributed by atoms with Gasteiger partial charge in [-0.25, -0.2) is 19.0 Å². The molecule has 59 heavy (non-hydrogen) atoms. The number of pyridine rings is 2. The third kappa shape index (κ3) is 8.26. The Kier molecular flexibility index (Phi) is 10.8. The summed E-state index contributed by atoms with van der Waals surface area (Å²) >= 11 is 6.44. The van der Waals surface area contributed by atoms with Crippen LogP contribution in [0.5, 0.6) is 0 Å². The van der Waals surface area contributed by atoms with Crippen LogP contribution in [0, 0.1) is 0 Å². The van der Waals surface area contributed by atoms with Gasteiger partial charge in [-0.15, -0.1) is 0 Å². The molecule has 0 aliphatic rings. The fraction of sp³-hybridized carbons (Fsp3) is 0. The van der Waals surface area contributed by atoms with Crippen molar-refractivity contribution in [1.29, 1.82) is 0 Å². The zero-order chi connectivity index (χ0) is 39.8. The van der Waals surface area contributed by atoms with E-state index < -0.39 is 0 Å². The smallest absolute Gasteiger partial charge is 0.155 e. The van der Waals surface area contributed by atoms with Gasteiger partial charge in [0.05, 0.1) is 39.9 Å². The number of hydrogen-bond donors (Lipinski definition) is 0. The van der Waals surface area contributed by atoms with Gasteiger partial charge in [-0.3, -0.25) is 0 Å². The van der Waals surface area contributed by atoms with Gasteiger partial charge in [-0.1, -0.05) is 194 Å². The lowest BCUT2D eigenvalue weighted by molar-refractivity contribution is 0.958. The molecule has 6 aromatic carbocycles. The number of nitrogens with zero attached hydrogens (tertiary/aromatic N) is 6. The topological polar surface area (TPSA) is 59.3 Å². The normalized spacial score (nSPS) is 10.8. The molecule has 0 bridgehead atoms. The van der Waals surface area contributed by atoms with E-state index in [4.69, 9.17) is 21.6 Å². The molecule has 0 amide bonds. The summed E-state index contributed by atoms with van der Waals surface area (Å²) in [6, 6.07) is 71.9. The minimum atomic E-state index is 0.602. The summed E-state index contributed by atoms with van der Waals surface area (Å²) < 4.78 is 3.68. The van der Waals surface area contributed by atoms with E-state index in [9.17, 15) is 0 Å². The van der Waals surface area contributed by atoms with E-state index in [2.05, 4.69) is 113 Å². The van der Waals surface area contributed by atoms with Crippen molar-refractivity contribution >= 4 is 45.7 Å². The second kappa shape index (κ2) is 17.2. The SMILES string of the molecule is Clc1cnn2c(N=C(c3ccccc3)c3ccccc3)cc(-c3ccccc3)cc12.c1ccc(C(=Nc2cc(-c3ccccc3)cc3ccnn23)c2ccccc2)cc1. The first kappa shape index (κ1) is 36.9. The van der Waals surface area contributed by atoms with Crippen LogP contribution in [0.1, 0.15) is 22.3 Å². The molecule has 282 valence electrons. The van der Waals surface area contributed by atoms with Crippen LogP contribution in [0.25, 0.3) is 33.3 Å². The van der Waals surface area contributed by atoms with Crippen LogP contribution in [-0.2, 0) is 0 Å². The highest BCUT2D eigenvalue weighted by atomic mass is 35.5. The lowest BCUT2D eigenvalue weighted by atomic mass is 10.0. The summed E-state index contributed by atoms with van der Waals surface area (Å²) in [5, 5.41) is 9.58. The van der Waals surface area contributed by atoms with Crippen LogP contribution in [0.2, 0.25) is 5.02 Å². The number of aromatic nitrogens is 4. The minimum Gasteiger partial charge on any atom is -0.228 e. The van der Waals surface area contributed by atoms with Crippen molar-refractivity contribution in [1.82, 2.24) is 19.2 Å². The van der Waals surface area contributed by atoms with Gasteiger partial charge in [0, 0.05) is 22.3 Å². The third-order valence-electron chi connectivity index (χ3n) is 9.89. The van der Waals surface area contributed by atoms with E-state index in [1.807, 2.05) is 120 Å². The zero-order valence-electron chi connectivity index (χ0n) is 31.9. The molecule has 0 aliphatic heterocycles. The van der Waals surface area contributed by atoms with Crippen LogP contribution in [-0.4, -0.2) is 30.7 Å². The van der Waals surface area contributed by atoms with Crippen LogP contribution in [0.4, 0.5) is 11.6 Å². The van der Waals surface area contributed by atoms with E-state index in [-0.39, 0.29) is 0 Å². The Labute approximate surface area is 347 Å². The Morgan fingerprint density at radius 1 is 0.390 bits per heavy atom. The molecule has 6 nitrogen and oxygen atoms in total. The van der Waals surface area contributed by atoms with Crippen molar-refractivity contribution in [3.05, 3.63) is 252 Å². The van der Waals surface area contributed by atoms with Crippen molar-refractivity contribution in [2.24, 2.45) is 9.98 Å². The zero-order valence-corrected chi connectivity index (χ0v) is 32.7. The fourth-order valence-corrected chi connectivity index (χ4v) is 7.19. The predicted octanol–water partition coefficient (Wildman–Crippen LogP) is 13.0. The lowest BCUT2D eigenvalue weighted by Gasteiger charge is -2.10. The van der Waals surface area contributed by atoms with Gasteiger partial charge in [0.1, 0.15) is 0 Å². The molecule has 7 heteroatoms. The molecular weight excluding hydrogens is 744 g/mol. The molecule has 0 N–H and O–H groups in total. The summed E-state index contributed by atoms with van der Waals surface area (Å²) in [5.74, 6) is 1.52. The van der Waals surface area contributed by atoms with Crippen molar-refractivity contribution in [2.45, 2.75) is 0 Å². The van der Waals surface area contributed by atoms with Crippen molar-refractivity contribution in [3.63, 3.8) is 0 Å². The van der Waals surface area contributed by atoms with Crippen molar-refractivity contribution < 1.29 is 0 Å². The molecule has 0 fully saturated rings. The van der Waals surface area contributed by atoms with Crippen LogP contribution < -0.4 is 0 Å². The highest BCUT2D eigenvalue weighted by Crippen LogP contribution is 2.31. The standard InChI is InChI=1S/C26H18ClN3.C26H19N3/c27-23-18-28-30-24(23)16-22(19-10-4-1-5-11-19)17-25(30)29-26(20-12-6-2-7-13-20)21-14-8-3-9-15-21;1-4-10-20(11-5-1)23-18-24-16-17-27-29(24)25(19-23)28-26(21-12-6-2-7-13-21)22-14-8-3-9-15-22/h1-18H;1-19H. The average Bonchev–Trinajstić information content (AvgIpc) is 3.96. The molecule has 10 rings (SSSR count). The third-order valence-corrected chi connectivity index (χ3v) is 10.2. The monoisotopic (exact) mass is 780 g/mol. The molecule has 0 radical (unpaired) electrons. The number of benzene rings is 6. The largest absolute Gasteiger partial charge is 0.228 e. The molecule has 0 aliphatic carbocycles. The van der Waals surface area contributed by atoms with Crippen LogP contribution >= 0.6 is 11.6 Å². The lowest BCUT2D eigenvalue weighted by Crippen LogP contribution is -2.04. The summed E-state index contributed by atoms with van der Waals surface area (Å²) in [6.07, 6.45) is 3.48. The van der Waals surface area contributed by atoms with Gasteiger partial charge in [0.15, 0.2) is 11.6 Å². The summed E-state index contributed by atoms with van der Waals surface area (Å²) in [4.78, 5) is 10.2. The van der Waals surface area contributed by atoms with E-state index in [1.54, 1.807) is 10.7 Å². The van der Waals surface area contributed by atoms with E-state index >= 15 is 0 Å². The quantitative estimate of drug-likeness (QED) is 0.144. The second-order valence-electron chi connectivity index (χ2n) is 13.8. The molecule has 0 spiro atoms. The van der Waals surface area contributed by atoms with Gasteiger partial charge in [0.25, 0.3) is 0 Å². The van der Waals surface area contributed by atoms with Gasteiger partial charge in [0.2, 0.25) is 0 Å². The number of hydrogen-bond acceptors (Lipinski definition) is 4. The number of rotatable bonds is 8. The highest BCUT2D eigenvalue weighted by Gasteiger charge is 2.14. The maximum absolute atomic E-state index is 6.44. The van der Waals surface area contributed by atoms with E-state index in [0.29, 0.717) is 5.02 Å². The highest BCUT2D eigenvalue weighted by molar-refractivity contribution is 6.33. The first-order valence-electron chi connectivity index (χ1n) is 19.3. The first-order valence-corrected chi connectivity index (χ1v) is 19.7. The molecule has 4 aromatic heterocycles. The van der Waals surface area contributed by atoms with Gasteiger partial charge < -0.3 is 0 Å². The Balaban J connectivity index is 0.000000152. The number of halogens is 1. The molecule has 10 aromatic rings. The van der Waals surface area contributed by atoms with Crippen LogP contribution in [0.15, 0.2) is 235 Å². The Morgan fingerprint density at radius 2 is 0.780 bits per heavy atom. The Morgan fingerprint density at radius 3 is 1.22 bits per heavy atom. The first-order chi connectivity index (χ1) is 29.2. The molecule has 0 unspecified atom stereocenters. The van der Waals surface area contributed by atoms with Crippen molar-refractivity contribution in [3.8, 4) is 22.3 Å². The predicted molar refractivity (Wildman–Crippen MR) is 243 cm³/mol. The molecule has 0 saturated heterocycles. The van der Waals surface area contributed by atoms with E-state index in [1.165, 1.54) is 0 Å². The maximum Gasteiger partial charge on any atom is 0.155 e. The van der Waals surface area contributed by atoms with E-state index in [0.717, 1.165) is 78.6 Å². The average molecular weight is 781 g/mol. The Bertz CT molecular complexity index is 2930. The molecule has 4 heterocycles. The van der Waals surface area contributed by atoms with Crippen molar-refractivity contribution in [2.75, 3.05) is 0 Å². The molecule has 0 saturated carbocycles. The fourth-order valence-electron chi connectivity index (χ4n) is 7.01. The van der Waals surface area contributed by atoms with Gasteiger partial charge in [-0.2, -0.15) is 10.2 Å². The summed E-state index contributed by atoms with van der Waals surface area (Å²) in [5.41, 5.74) is 12.3. The summed E-state index contributed by atoms with van der Waals surface area (Å²) in [6.45, 7) is 0.